The van der Waals surface area contributed by atoms with E-state index in [4.69, 9.17) is 0 Å². The van der Waals surface area contributed by atoms with Crippen molar-refractivity contribution < 1.29 is 9.59 Å². The van der Waals surface area contributed by atoms with E-state index in [1.165, 1.54) is 0 Å². The Morgan fingerprint density at radius 2 is 2.00 bits per heavy atom. The van der Waals surface area contributed by atoms with Crippen LogP contribution in [-0.4, -0.2) is 29.4 Å². The van der Waals surface area contributed by atoms with E-state index in [1.807, 2.05) is 6.92 Å². The number of urea groups is 1. The highest BCUT2D eigenvalue weighted by Gasteiger charge is 2.30. The number of carbonyl (C=O) groups is 2. The second-order valence-corrected chi connectivity index (χ2v) is 3.96. The van der Waals surface area contributed by atoms with Crippen molar-refractivity contribution in [1.29, 1.82) is 0 Å². The number of nitrogens with zero attached hydrogens (tertiary/aromatic N) is 1. The molecule has 1 aliphatic rings. The highest BCUT2D eigenvalue weighted by atomic mass is 16.2. The fourth-order valence-electron chi connectivity index (χ4n) is 1.62. The van der Waals surface area contributed by atoms with Crippen LogP contribution in [0, 0.1) is 5.92 Å². The van der Waals surface area contributed by atoms with Crippen LogP contribution in [0.5, 0.6) is 0 Å². The van der Waals surface area contributed by atoms with Gasteiger partial charge in [-0.1, -0.05) is 13.8 Å². The first kappa shape index (κ1) is 10.0. The molecule has 4 nitrogen and oxygen atoms in total. The third kappa shape index (κ3) is 2.44. The molecule has 13 heavy (non-hydrogen) atoms. The summed E-state index contributed by atoms with van der Waals surface area (Å²) in [4.78, 5) is 23.7. The van der Waals surface area contributed by atoms with Gasteiger partial charge in [-0.05, 0) is 19.3 Å². The van der Waals surface area contributed by atoms with Crippen LogP contribution < -0.4 is 5.32 Å². The van der Waals surface area contributed by atoms with Crippen molar-refractivity contribution in [1.82, 2.24) is 10.2 Å². The van der Waals surface area contributed by atoms with Crippen LogP contribution in [0.2, 0.25) is 0 Å². The van der Waals surface area contributed by atoms with Gasteiger partial charge < -0.3 is 4.90 Å². The van der Waals surface area contributed by atoms with E-state index in [9.17, 15) is 9.59 Å². The number of amides is 3. The third-order valence-corrected chi connectivity index (χ3v) is 2.17. The molecular formula is C9H16N2O2. The Morgan fingerprint density at radius 1 is 1.38 bits per heavy atom. The molecule has 1 unspecified atom stereocenters. The van der Waals surface area contributed by atoms with Crippen LogP contribution in [0.25, 0.3) is 0 Å². The zero-order valence-corrected chi connectivity index (χ0v) is 8.33. The van der Waals surface area contributed by atoms with Crippen molar-refractivity contribution in [3.8, 4) is 0 Å². The molecule has 0 spiro atoms. The first-order valence-corrected chi connectivity index (χ1v) is 4.61. The van der Waals surface area contributed by atoms with Gasteiger partial charge in [-0.15, -0.1) is 0 Å². The molecule has 1 fully saturated rings. The van der Waals surface area contributed by atoms with Gasteiger partial charge in [-0.2, -0.15) is 0 Å². The minimum atomic E-state index is -0.252. The lowest BCUT2D eigenvalue weighted by Gasteiger charge is -2.23. The monoisotopic (exact) mass is 184 g/mol. The van der Waals surface area contributed by atoms with Gasteiger partial charge in [-0.25, -0.2) is 4.79 Å². The fraction of sp³-hybridized carbons (Fsp3) is 0.778. The van der Waals surface area contributed by atoms with E-state index in [0.717, 1.165) is 6.42 Å². The Balaban J connectivity index is 2.52. The number of nitrogens with one attached hydrogen (secondary N) is 1. The van der Waals surface area contributed by atoms with Gasteiger partial charge >= 0.3 is 6.03 Å². The molecular weight excluding hydrogens is 168 g/mol. The number of carbonyl (C=O) groups excluding carboxylic acids is 2. The maximum Gasteiger partial charge on any atom is 0.324 e. The summed E-state index contributed by atoms with van der Waals surface area (Å²) in [6, 6.07) is -0.107. The summed E-state index contributed by atoms with van der Waals surface area (Å²) in [5.74, 6) is 0.346. The van der Waals surface area contributed by atoms with Gasteiger partial charge in [0.1, 0.15) is 6.54 Å². The maximum absolute atomic E-state index is 11.2. The molecule has 74 valence electrons. The quantitative estimate of drug-likeness (QED) is 0.664. The van der Waals surface area contributed by atoms with Gasteiger partial charge in [0.25, 0.3) is 0 Å². The van der Waals surface area contributed by atoms with E-state index in [-0.39, 0.29) is 24.5 Å². The Morgan fingerprint density at radius 3 is 2.38 bits per heavy atom. The summed E-state index contributed by atoms with van der Waals surface area (Å²) < 4.78 is 0. The van der Waals surface area contributed by atoms with E-state index >= 15 is 0 Å². The predicted molar refractivity (Wildman–Crippen MR) is 49.2 cm³/mol. The van der Waals surface area contributed by atoms with Crippen LogP contribution in [-0.2, 0) is 4.79 Å². The standard InChI is InChI=1S/C9H16N2O2/c1-6(2)4-7(3)11-5-8(12)10-9(11)13/h6-7H,4-5H2,1-3H3,(H,10,12,13). The second-order valence-electron chi connectivity index (χ2n) is 3.96. The molecule has 0 bridgehead atoms. The van der Waals surface area contributed by atoms with Crippen molar-refractivity contribution in [2.24, 2.45) is 5.92 Å². The summed E-state index contributed by atoms with van der Waals surface area (Å²) in [7, 11) is 0. The van der Waals surface area contributed by atoms with Crippen molar-refractivity contribution in [2.45, 2.75) is 33.2 Å². The van der Waals surface area contributed by atoms with Crippen LogP contribution in [0.1, 0.15) is 27.2 Å². The zero-order chi connectivity index (χ0) is 10.0. The van der Waals surface area contributed by atoms with Gasteiger partial charge in [0.05, 0.1) is 0 Å². The Kier molecular flexibility index (Phi) is 2.90. The summed E-state index contributed by atoms with van der Waals surface area (Å²) in [6.07, 6.45) is 0.931. The molecule has 0 aromatic heterocycles. The molecule has 4 heteroatoms. The Labute approximate surface area is 78.3 Å². The molecule has 1 atom stereocenters. The number of imide groups is 1. The van der Waals surface area contributed by atoms with Gasteiger partial charge in [0.2, 0.25) is 5.91 Å². The molecule has 0 radical (unpaired) electrons. The maximum atomic E-state index is 11.2. The number of hydrogen-bond donors (Lipinski definition) is 1. The number of hydrogen-bond acceptors (Lipinski definition) is 2. The number of rotatable bonds is 3. The summed E-state index contributed by atoms with van der Waals surface area (Å²) in [6.45, 7) is 6.39. The molecule has 1 heterocycles. The smallest absolute Gasteiger partial charge is 0.312 e. The summed E-state index contributed by atoms with van der Waals surface area (Å²) >= 11 is 0. The van der Waals surface area contributed by atoms with Crippen LogP contribution in [0.15, 0.2) is 0 Å². The second kappa shape index (κ2) is 3.77. The first-order chi connectivity index (χ1) is 6.00. The van der Waals surface area contributed by atoms with Gasteiger partial charge in [0.15, 0.2) is 0 Å². The average Bonchev–Trinajstić information content (AvgIpc) is 2.28. The van der Waals surface area contributed by atoms with Crippen molar-refractivity contribution in [2.75, 3.05) is 6.54 Å². The first-order valence-electron chi connectivity index (χ1n) is 4.61. The van der Waals surface area contributed by atoms with Crippen LogP contribution >= 0.6 is 0 Å². The topological polar surface area (TPSA) is 49.4 Å². The predicted octanol–water partition coefficient (Wildman–Crippen LogP) is 0.973. The molecule has 3 amide bonds. The normalized spacial score (nSPS) is 19.5. The van der Waals surface area contributed by atoms with Crippen molar-refractivity contribution >= 4 is 11.9 Å². The van der Waals surface area contributed by atoms with Crippen LogP contribution in [0.4, 0.5) is 4.79 Å². The third-order valence-electron chi connectivity index (χ3n) is 2.17. The van der Waals surface area contributed by atoms with E-state index in [2.05, 4.69) is 19.2 Å². The molecule has 1 N–H and O–H groups in total. The Bertz CT molecular complexity index is 226. The molecule has 1 aliphatic heterocycles. The zero-order valence-electron chi connectivity index (χ0n) is 8.33. The fourth-order valence-corrected chi connectivity index (χ4v) is 1.62. The lowest BCUT2D eigenvalue weighted by atomic mass is 10.0. The molecule has 0 aliphatic carbocycles. The van der Waals surface area contributed by atoms with Crippen LogP contribution in [0.3, 0.4) is 0 Å². The lowest BCUT2D eigenvalue weighted by molar-refractivity contribution is -0.118. The molecule has 0 aromatic rings. The van der Waals surface area contributed by atoms with E-state index in [1.54, 1.807) is 4.90 Å². The molecule has 1 rings (SSSR count). The minimum absolute atomic E-state index is 0.145. The lowest BCUT2D eigenvalue weighted by Crippen LogP contribution is -2.36. The van der Waals surface area contributed by atoms with Crippen molar-refractivity contribution in [3.05, 3.63) is 0 Å². The average molecular weight is 184 g/mol. The van der Waals surface area contributed by atoms with E-state index < -0.39 is 0 Å². The highest BCUT2D eigenvalue weighted by molar-refractivity contribution is 6.02. The molecule has 0 saturated carbocycles. The largest absolute Gasteiger partial charge is 0.324 e. The van der Waals surface area contributed by atoms with Gasteiger partial charge in [0, 0.05) is 6.04 Å². The molecule has 1 saturated heterocycles. The SMILES string of the molecule is CC(C)CC(C)N1CC(=O)NC1=O. The van der Waals surface area contributed by atoms with E-state index in [0.29, 0.717) is 5.92 Å². The Hall–Kier alpha value is -1.06. The minimum Gasteiger partial charge on any atom is -0.312 e. The van der Waals surface area contributed by atoms with Crippen molar-refractivity contribution in [3.63, 3.8) is 0 Å². The van der Waals surface area contributed by atoms with Gasteiger partial charge in [-0.3, -0.25) is 10.1 Å². The summed E-state index contributed by atoms with van der Waals surface area (Å²) in [5, 5.41) is 2.27. The molecule has 0 aromatic carbocycles. The summed E-state index contributed by atoms with van der Waals surface area (Å²) in [5.41, 5.74) is 0. The highest BCUT2D eigenvalue weighted by Crippen LogP contribution is 2.13.